The van der Waals surface area contributed by atoms with E-state index in [1.807, 2.05) is 0 Å². The topological polar surface area (TPSA) is 43.4 Å². The zero-order valence-corrected chi connectivity index (χ0v) is 6.86. The molecule has 1 saturated carbocycles. The molecule has 3 atom stereocenters. The molecular weight excluding hydrogens is 156 g/mol. The van der Waals surface area contributed by atoms with Crippen LogP contribution in [0.3, 0.4) is 0 Å². The van der Waals surface area contributed by atoms with E-state index in [-0.39, 0.29) is 23.7 Å². The minimum absolute atomic E-state index is 0.0430. The molecule has 3 nitrogen and oxygen atoms in total. The molecule has 0 radical (unpaired) electrons. The molecular formula is C9H12O3. The van der Waals surface area contributed by atoms with Gasteiger partial charge in [0.2, 0.25) is 0 Å². The molecule has 1 aliphatic carbocycles. The Bertz CT molecular complexity index is 212. The van der Waals surface area contributed by atoms with Crippen molar-refractivity contribution >= 4 is 12.1 Å². The van der Waals surface area contributed by atoms with Gasteiger partial charge in [0.25, 0.3) is 0 Å². The fourth-order valence-corrected chi connectivity index (χ4v) is 2.19. The fraction of sp³-hybridized carbons (Fsp3) is 0.778. The van der Waals surface area contributed by atoms with Crippen LogP contribution < -0.4 is 0 Å². The molecule has 1 saturated heterocycles. The third kappa shape index (κ3) is 1.08. The van der Waals surface area contributed by atoms with Crippen molar-refractivity contribution in [3.8, 4) is 0 Å². The van der Waals surface area contributed by atoms with Gasteiger partial charge in [-0.3, -0.25) is 4.79 Å². The summed E-state index contributed by atoms with van der Waals surface area (Å²) in [7, 11) is 0. The lowest BCUT2D eigenvalue weighted by Gasteiger charge is -2.23. The van der Waals surface area contributed by atoms with E-state index < -0.39 is 0 Å². The van der Waals surface area contributed by atoms with Crippen molar-refractivity contribution in [2.75, 3.05) is 6.61 Å². The number of carbonyl (C=O) groups is 2. The second-order valence-corrected chi connectivity index (χ2v) is 3.56. The molecule has 2 aliphatic rings. The smallest absolute Gasteiger partial charge is 0.139 e. The summed E-state index contributed by atoms with van der Waals surface area (Å²) in [5.41, 5.74) is 0. The van der Waals surface area contributed by atoms with E-state index >= 15 is 0 Å². The Morgan fingerprint density at radius 1 is 1.50 bits per heavy atom. The molecule has 0 aromatic rings. The SMILES string of the molecule is O=CC1COC2CCCC(=O)C12. The van der Waals surface area contributed by atoms with Crippen LogP contribution in [0.25, 0.3) is 0 Å². The lowest BCUT2D eigenvalue weighted by atomic mass is 9.80. The van der Waals surface area contributed by atoms with E-state index in [9.17, 15) is 9.59 Å². The summed E-state index contributed by atoms with van der Waals surface area (Å²) in [5.74, 6) is -0.0556. The highest BCUT2D eigenvalue weighted by atomic mass is 16.5. The summed E-state index contributed by atoms with van der Waals surface area (Å²) in [6.07, 6.45) is 3.41. The highest BCUT2D eigenvalue weighted by molar-refractivity contribution is 5.85. The van der Waals surface area contributed by atoms with Crippen molar-refractivity contribution in [3.63, 3.8) is 0 Å². The summed E-state index contributed by atoms with van der Waals surface area (Å²) in [6.45, 7) is 0.449. The molecule has 2 rings (SSSR count). The Labute approximate surface area is 71.1 Å². The predicted octanol–water partition coefficient (Wildman–Crippen LogP) is 0.570. The molecule has 0 spiro atoms. The maximum atomic E-state index is 11.4. The van der Waals surface area contributed by atoms with Crippen molar-refractivity contribution in [2.45, 2.75) is 25.4 Å². The minimum atomic E-state index is -0.164. The van der Waals surface area contributed by atoms with Gasteiger partial charge in [0.05, 0.1) is 24.5 Å². The number of carbonyl (C=O) groups excluding carboxylic acids is 2. The molecule has 66 valence electrons. The highest BCUT2D eigenvalue weighted by Gasteiger charge is 2.43. The standard InChI is InChI=1S/C9H12O3/c10-4-6-5-12-8-3-1-2-7(11)9(6)8/h4,6,8-9H,1-3,5H2. The van der Waals surface area contributed by atoms with E-state index in [1.54, 1.807) is 0 Å². The first kappa shape index (κ1) is 7.92. The van der Waals surface area contributed by atoms with Gasteiger partial charge in [0.1, 0.15) is 12.1 Å². The van der Waals surface area contributed by atoms with E-state index in [4.69, 9.17) is 4.74 Å². The van der Waals surface area contributed by atoms with E-state index in [0.29, 0.717) is 13.0 Å². The van der Waals surface area contributed by atoms with E-state index in [1.165, 1.54) is 0 Å². The predicted molar refractivity (Wildman–Crippen MR) is 41.6 cm³/mol. The first-order chi connectivity index (χ1) is 5.83. The Kier molecular flexibility index (Phi) is 1.97. The van der Waals surface area contributed by atoms with Crippen LogP contribution in [0.15, 0.2) is 0 Å². The van der Waals surface area contributed by atoms with Gasteiger partial charge in [-0.25, -0.2) is 0 Å². The van der Waals surface area contributed by atoms with Crippen LogP contribution >= 0.6 is 0 Å². The third-order valence-electron chi connectivity index (χ3n) is 2.82. The normalized spacial score (nSPS) is 41.0. The molecule has 3 heteroatoms. The van der Waals surface area contributed by atoms with Crippen molar-refractivity contribution in [2.24, 2.45) is 11.8 Å². The van der Waals surface area contributed by atoms with E-state index in [0.717, 1.165) is 19.1 Å². The Balaban J connectivity index is 2.16. The molecule has 0 amide bonds. The monoisotopic (exact) mass is 168 g/mol. The second kappa shape index (κ2) is 2.98. The molecule has 3 unspecified atom stereocenters. The van der Waals surface area contributed by atoms with Gasteiger partial charge >= 0.3 is 0 Å². The van der Waals surface area contributed by atoms with Crippen LogP contribution in [0.4, 0.5) is 0 Å². The zero-order valence-electron chi connectivity index (χ0n) is 6.86. The molecule has 0 N–H and O–H groups in total. The molecule has 2 fully saturated rings. The average Bonchev–Trinajstić information content (AvgIpc) is 2.49. The summed E-state index contributed by atoms with van der Waals surface area (Å²) < 4.78 is 5.38. The van der Waals surface area contributed by atoms with Crippen LogP contribution in [-0.2, 0) is 14.3 Å². The first-order valence-electron chi connectivity index (χ1n) is 4.42. The van der Waals surface area contributed by atoms with Gasteiger partial charge in [-0.05, 0) is 12.8 Å². The zero-order chi connectivity index (χ0) is 8.55. The highest BCUT2D eigenvalue weighted by Crippen LogP contribution is 2.34. The van der Waals surface area contributed by atoms with Crippen molar-refractivity contribution in [1.29, 1.82) is 0 Å². The van der Waals surface area contributed by atoms with E-state index in [2.05, 4.69) is 0 Å². The molecule has 0 aromatic heterocycles. The van der Waals surface area contributed by atoms with Crippen molar-refractivity contribution < 1.29 is 14.3 Å². The maximum Gasteiger partial charge on any atom is 0.139 e. The van der Waals surface area contributed by atoms with Crippen LogP contribution in [0.1, 0.15) is 19.3 Å². The van der Waals surface area contributed by atoms with Gasteiger partial charge in [-0.2, -0.15) is 0 Å². The lowest BCUT2D eigenvalue weighted by molar-refractivity contribution is -0.129. The van der Waals surface area contributed by atoms with Gasteiger partial charge in [0, 0.05) is 6.42 Å². The van der Waals surface area contributed by atoms with Crippen molar-refractivity contribution in [3.05, 3.63) is 0 Å². The van der Waals surface area contributed by atoms with Gasteiger partial charge in [-0.1, -0.05) is 0 Å². The van der Waals surface area contributed by atoms with Crippen LogP contribution in [0.5, 0.6) is 0 Å². The third-order valence-corrected chi connectivity index (χ3v) is 2.82. The average molecular weight is 168 g/mol. The minimum Gasteiger partial charge on any atom is -0.377 e. The largest absolute Gasteiger partial charge is 0.377 e. The summed E-state index contributed by atoms with van der Waals surface area (Å²) in [6, 6.07) is 0. The molecule has 0 aromatic carbocycles. The van der Waals surface area contributed by atoms with Crippen LogP contribution in [-0.4, -0.2) is 24.8 Å². The lowest BCUT2D eigenvalue weighted by Crippen LogP contribution is -2.33. The molecule has 1 heterocycles. The number of hydrogen-bond donors (Lipinski definition) is 0. The van der Waals surface area contributed by atoms with Gasteiger partial charge < -0.3 is 9.53 Å². The van der Waals surface area contributed by atoms with Crippen molar-refractivity contribution in [1.82, 2.24) is 0 Å². The van der Waals surface area contributed by atoms with Gasteiger partial charge in [0.15, 0.2) is 0 Å². The quantitative estimate of drug-likeness (QED) is 0.537. The van der Waals surface area contributed by atoms with Crippen LogP contribution in [0, 0.1) is 11.8 Å². The first-order valence-corrected chi connectivity index (χ1v) is 4.42. The molecule has 0 bridgehead atoms. The number of hydrogen-bond acceptors (Lipinski definition) is 3. The molecule has 1 aliphatic heterocycles. The summed E-state index contributed by atoms with van der Waals surface area (Å²) in [4.78, 5) is 22.0. The Morgan fingerprint density at radius 3 is 3.08 bits per heavy atom. The summed E-state index contributed by atoms with van der Waals surface area (Å²) in [5, 5.41) is 0. The maximum absolute atomic E-state index is 11.4. The number of ether oxygens (including phenoxy) is 1. The second-order valence-electron chi connectivity index (χ2n) is 3.56. The number of ketones is 1. The van der Waals surface area contributed by atoms with Gasteiger partial charge in [-0.15, -0.1) is 0 Å². The Morgan fingerprint density at radius 2 is 2.33 bits per heavy atom. The van der Waals surface area contributed by atoms with Crippen LogP contribution in [0.2, 0.25) is 0 Å². The summed E-state index contributed by atoms with van der Waals surface area (Å²) >= 11 is 0. The fourth-order valence-electron chi connectivity index (χ4n) is 2.19. The number of rotatable bonds is 1. The Hall–Kier alpha value is -0.700. The number of Topliss-reactive ketones (excluding diaryl/α,β-unsaturated/α-hetero) is 1. The molecule has 12 heavy (non-hydrogen) atoms. The number of fused-ring (bicyclic) bond motifs is 1. The number of aldehydes is 1.